The van der Waals surface area contributed by atoms with Crippen molar-refractivity contribution in [2.24, 2.45) is 0 Å². The third-order valence-electron chi connectivity index (χ3n) is 3.25. The molecule has 0 unspecified atom stereocenters. The Morgan fingerprint density at radius 1 is 1.26 bits per heavy atom. The highest BCUT2D eigenvalue weighted by atomic mass is 32.2. The summed E-state index contributed by atoms with van der Waals surface area (Å²) in [4.78, 5) is 0. The van der Waals surface area contributed by atoms with Crippen LogP contribution in [-0.4, -0.2) is 26.8 Å². The van der Waals surface area contributed by atoms with Crippen molar-refractivity contribution in [1.29, 1.82) is 0 Å². The molecule has 4 nitrogen and oxygen atoms in total. The van der Waals surface area contributed by atoms with Gasteiger partial charge >= 0.3 is 10.2 Å². The molecule has 0 amide bonds. The van der Waals surface area contributed by atoms with Crippen molar-refractivity contribution < 1.29 is 8.42 Å². The molecular weight excluding hydrogens is 260 g/mol. The van der Waals surface area contributed by atoms with Crippen LogP contribution in [0, 0.1) is 0 Å². The van der Waals surface area contributed by atoms with Gasteiger partial charge in [0, 0.05) is 14.1 Å². The molecule has 1 rings (SSSR count). The molecule has 0 heterocycles. The number of anilines is 1. The molecule has 0 aromatic heterocycles. The molecule has 0 saturated heterocycles. The molecule has 1 N–H and O–H groups in total. The van der Waals surface area contributed by atoms with Crippen LogP contribution in [0.3, 0.4) is 0 Å². The minimum absolute atomic E-state index is 0.0499. The standard InChI is InChI=1S/C14H24N2O2S/c1-6-10-14(2,3)12-8-7-9-13(11-12)15-19(17,18)16(4)5/h7-9,11,15H,6,10H2,1-5H3. The molecule has 0 aliphatic heterocycles. The molecule has 0 radical (unpaired) electrons. The maximum absolute atomic E-state index is 11.8. The molecule has 5 heteroatoms. The van der Waals surface area contributed by atoms with Crippen LogP contribution in [0.2, 0.25) is 0 Å². The SMILES string of the molecule is CCCC(C)(C)c1cccc(NS(=O)(=O)N(C)C)c1. The fraction of sp³-hybridized carbons (Fsp3) is 0.571. The first-order valence-electron chi connectivity index (χ1n) is 6.50. The summed E-state index contributed by atoms with van der Waals surface area (Å²) < 4.78 is 27.3. The summed E-state index contributed by atoms with van der Waals surface area (Å²) in [6.07, 6.45) is 2.16. The molecule has 0 spiro atoms. The topological polar surface area (TPSA) is 49.4 Å². The van der Waals surface area contributed by atoms with Crippen molar-refractivity contribution in [3.8, 4) is 0 Å². The molecule has 0 bridgehead atoms. The molecule has 1 aromatic rings. The largest absolute Gasteiger partial charge is 0.301 e. The third kappa shape index (κ3) is 4.21. The lowest BCUT2D eigenvalue weighted by Gasteiger charge is -2.25. The molecular formula is C14H24N2O2S. The second kappa shape index (κ2) is 5.92. The van der Waals surface area contributed by atoms with Gasteiger partial charge in [-0.25, -0.2) is 0 Å². The number of rotatable bonds is 6. The maximum Gasteiger partial charge on any atom is 0.301 e. The van der Waals surface area contributed by atoms with Gasteiger partial charge in [0.2, 0.25) is 0 Å². The van der Waals surface area contributed by atoms with E-state index in [1.807, 2.05) is 18.2 Å². The molecule has 0 aliphatic rings. The van der Waals surface area contributed by atoms with E-state index in [0.29, 0.717) is 5.69 Å². The molecule has 0 atom stereocenters. The van der Waals surface area contributed by atoms with Gasteiger partial charge in [-0.15, -0.1) is 0 Å². The monoisotopic (exact) mass is 284 g/mol. The average Bonchev–Trinajstić information content (AvgIpc) is 2.28. The van der Waals surface area contributed by atoms with Crippen LogP contribution in [0.5, 0.6) is 0 Å². The normalized spacial score (nSPS) is 12.7. The fourth-order valence-corrected chi connectivity index (χ4v) is 2.62. The minimum Gasteiger partial charge on any atom is -0.271 e. The van der Waals surface area contributed by atoms with Gasteiger partial charge in [-0.3, -0.25) is 4.72 Å². The zero-order valence-electron chi connectivity index (χ0n) is 12.4. The van der Waals surface area contributed by atoms with Crippen molar-refractivity contribution >= 4 is 15.9 Å². The Bertz CT molecular complexity index is 522. The van der Waals surface area contributed by atoms with Gasteiger partial charge in [-0.05, 0) is 29.5 Å². The third-order valence-corrected chi connectivity index (χ3v) is 4.70. The van der Waals surface area contributed by atoms with Crippen molar-refractivity contribution in [3.63, 3.8) is 0 Å². The van der Waals surface area contributed by atoms with E-state index in [2.05, 4.69) is 25.5 Å². The van der Waals surface area contributed by atoms with Crippen LogP contribution in [0.4, 0.5) is 5.69 Å². The van der Waals surface area contributed by atoms with Gasteiger partial charge in [0.25, 0.3) is 0 Å². The van der Waals surface area contributed by atoms with Crippen LogP contribution in [-0.2, 0) is 15.6 Å². The summed E-state index contributed by atoms with van der Waals surface area (Å²) in [5.74, 6) is 0. The second-order valence-electron chi connectivity index (χ2n) is 5.60. The maximum atomic E-state index is 11.8. The second-order valence-corrected chi connectivity index (χ2v) is 7.49. The Hall–Kier alpha value is -1.07. The van der Waals surface area contributed by atoms with Gasteiger partial charge in [-0.1, -0.05) is 39.3 Å². The number of benzene rings is 1. The zero-order valence-corrected chi connectivity index (χ0v) is 13.2. The van der Waals surface area contributed by atoms with Crippen LogP contribution < -0.4 is 4.72 Å². The number of nitrogens with zero attached hydrogens (tertiary/aromatic N) is 1. The quantitative estimate of drug-likeness (QED) is 0.873. The van der Waals surface area contributed by atoms with Gasteiger partial charge in [0.1, 0.15) is 0 Å². The minimum atomic E-state index is -3.44. The van der Waals surface area contributed by atoms with Crippen molar-refractivity contribution in [3.05, 3.63) is 29.8 Å². The number of nitrogens with one attached hydrogen (secondary N) is 1. The van der Waals surface area contributed by atoms with Crippen molar-refractivity contribution in [2.75, 3.05) is 18.8 Å². The van der Waals surface area contributed by atoms with Gasteiger partial charge in [-0.2, -0.15) is 12.7 Å². The van der Waals surface area contributed by atoms with Crippen molar-refractivity contribution in [2.45, 2.75) is 39.0 Å². The molecule has 19 heavy (non-hydrogen) atoms. The molecule has 108 valence electrons. The highest BCUT2D eigenvalue weighted by Crippen LogP contribution is 2.30. The predicted molar refractivity (Wildman–Crippen MR) is 80.6 cm³/mol. The first-order valence-corrected chi connectivity index (χ1v) is 7.94. The average molecular weight is 284 g/mol. The van der Waals surface area contributed by atoms with Crippen LogP contribution in [0.15, 0.2) is 24.3 Å². The lowest BCUT2D eigenvalue weighted by Crippen LogP contribution is -2.29. The summed E-state index contributed by atoms with van der Waals surface area (Å²) in [6, 6.07) is 7.62. The van der Waals surface area contributed by atoms with E-state index in [0.717, 1.165) is 22.7 Å². The Labute approximate surface area is 117 Å². The Kier molecular flexibility index (Phi) is 4.98. The van der Waals surface area contributed by atoms with E-state index in [-0.39, 0.29) is 5.41 Å². The van der Waals surface area contributed by atoms with Gasteiger partial charge in [0.05, 0.1) is 5.69 Å². The highest BCUT2D eigenvalue weighted by Gasteiger charge is 2.20. The van der Waals surface area contributed by atoms with E-state index in [4.69, 9.17) is 0 Å². The fourth-order valence-electron chi connectivity index (χ4n) is 2.01. The lowest BCUT2D eigenvalue weighted by molar-refractivity contribution is 0.473. The molecule has 0 saturated carbocycles. The zero-order chi connectivity index (χ0) is 14.7. The van der Waals surface area contributed by atoms with E-state index >= 15 is 0 Å². The number of hydrogen-bond acceptors (Lipinski definition) is 2. The smallest absolute Gasteiger partial charge is 0.271 e. The highest BCUT2D eigenvalue weighted by molar-refractivity contribution is 7.90. The Morgan fingerprint density at radius 2 is 1.89 bits per heavy atom. The summed E-state index contributed by atoms with van der Waals surface area (Å²) in [5, 5.41) is 0. The summed E-state index contributed by atoms with van der Waals surface area (Å²) >= 11 is 0. The van der Waals surface area contributed by atoms with Crippen LogP contribution in [0.25, 0.3) is 0 Å². The Morgan fingerprint density at radius 3 is 2.42 bits per heavy atom. The van der Waals surface area contributed by atoms with E-state index in [1.165, 1.54) is 14.1 Å². The van der Waals surface area contributed by atoms with Gasteiger partial charge < -0.3 is 0 Å². The lowest BCUT2D eigenvalue weighted by atomic mass is 9.80. The molecule has 0 aliphatic carbocycles. The first-order chi connectivity index (χ1) is 8.69. The predicted octanol–water partition coefficient (Wildman–Crippen LogP) is 2.98. The van der Waals surface area contributed by atoms with Gasteiger partial charge in [0.15, 0.2) is 0 Å². The van der Waals surface area contributed by atoms with Crippen LogP contribution >= 0.6 is 0 Å². The first kappa shape index (κ1) is 16.0. The number of hydrogen-bond donors (Lipinski definition) is 1. The molecule has 1 aromatic carbocycles. The van der Waals surface area contributed by atoms with E-state index in [1.54, 1.807) is 6.07 Å². The summed E-state index contributed by atoms with van der Waals surface area (Å²) in [7, 11) is -0.428. The Balaban J connectivity index is 3.02. The van der Waals surface area contributed by atoms with Crippen molar-refractivity contribution in [1.82, 2.24) is 4.31 Å². The van der Waals surface area contributed by atoms with Crippen LogP contribution in [0.1, 0.15) is 39.2 Å². The van der Waals surface area contributed by atoms with E-state index in [9.17, 15) is 8.42 Å². The van der Waals surface area contributed by atoms with E-state index < -0.39 is 10.2 Å². The molecule has 0 fully saturated rings. The summed E-state index contributed by atoms with van der Waals surface area (Å²) in [5.41, 5.74) is 1.80. The summed E-state index contributed by atoms with van der Waals surface area (Å²) in [6.45, 7) is 6.51.